The lowest BCUT2D eigenvalue weighted by molar-refractivity contribution is -0.870. The number of rotatable bonds is 59. The van der Waals surface area contributed by atoms with E-state index in [9.17, 15) is 19.0 Å². The molecule has 3 atom stereocenters. The molecule has 0 aromatic rings. The minimum atomic E-state index is -4.47. The van der Waals surface area contributed by atoms with Crippen LogP contribution < -0.4 is 5.32 Å². The van der Waals surface area contributed by atoms with Crippen molar-refractivity contribution < 1.29 is 37.3 Å². The van der Waals surface area contributed by atoms with Gasteiger partial charge in [0.15, 0.2) is 0 Å². The fraction of sp³-hybridized carbons (Fsp3) is 0.671. The molecule has 0 saturated heterocycles. The van der Waals surface area contributed by atoms with Gasteiger partial charge in [0.1, 0.15) is 19.3 Å². The summed E-state index contributed by atoms with van der Waals surface area (Å²) < 4.78 is 30.7. The molecule has 0 fully saturated rings. The molecule has 3 unspecified atom stereocenters. The molecule has 474 valence electrons. The average molecular weight is 1170 g/mol. The zero-order chi connectivity index (χ0) is 60.7. The van der Waals surface area contributed by atoms with E-state index in [1.54, 1.807) is 0 Å². The second-order valence-electron chi connectivity index (χ2n) is 23.2. The van der Waals surface area contributed by atoms with Gasteiger partial charge in [-0.3, -0.25) is 18.6 Å². The first-order chi connectivity index (χ1) is 40.4. The lowest BCUT2D eigenvalue weighted by atomic mass is 10.0. The third kappa shape index (κ3) is 62.5. The molecule has 0 saturated carbocycles. The Labute approximate surface area is 511 Å². The van der Waals surface area contributed by atoms with Gasteiger partial charge in [0.2, 0.25) is 5.91 Å². The van der Waals surface area contributed by atoms with Crippen LogP contribution in [0.5, 0.6) is 0 Å². The summed E-state index contributed by atoms with van der Waals surface area (Å²) in [6.07, 6.45) is 87.5. The van der Waals surface area contributed by atoms with E-state index in [-0.39, 0.29) is 31.5 Å². The van der Waals surface area contributed by atoms with Crippen molar-refractivity contribution in [2.75, 3.05) is 40.9 Å². The number of quaternary nitrogens is 1. The molecule has 0 heterocycles. The summed E-state index contributed by atoms with van der Waals surface area (Å²) >= 11 is 0. The van der Waals surface area contributed by atoms with Gasteiger partial charge >= 0.3 is 13.8 Å². The van der Waals surface area contributed by atoms with Crippen molar-refractivity contribution in [2.45, 2.75) is 277 Å². The lowest BCUT2D eigenvalue weighted by Gasteiger charge is -2.27. The maximum atomic E-state index is 13.6. The van der Waals surface area contributed by atoms with E-state index >= 15 is 0 Å². The van der Waals surface area contributed by atoms with E-state index in [1.165, 1.54) is 89.9 Å². The SMILES string of the molecule is CC/C=C\C/C=C\C/C=C\C/C=C\C/C=C\CCCCCCCCCCCCCC(=O)NC(COP(=O)(O)OCC[N+](C)(C)C)C(/C=C\CCCCCCCCCCC)OC(=O)CCCCC/C=C\C/C=C\C/C=C\C/C=C\C/C=C\CC. The number of hydrogen-bond donors (Lipinski definition) is 2. The molecule has 0 aliphatic carbocycles. The number of likely N-dealkylation sites (N-methyl/N-ethyl adjacent to an activating group) is 1. The van der Waals surface area contributed by atoms with Crippen LogP contribution in [0.1, 0.15) is 265 Å². The van der Waals surface area contributed by atoms with Crippen molar-refractivity contribution in [1.29, 1.82) is 0 Å². The number of allylic oxidation sites excluding steroid dienone is 21. The second kappa shape index (κ2) is 61.2. The van der Waals surface area contributed by atoms with Crippen molar-refractivity contribution in [2.24, 2.45) is 0 Å². The highest BCUT2D eigenvalue weighted by atomic mass is 31.2. The standard InChI is InChI=1S/C73H125N2O7P/c1-7-10-13-16-19-22-25-27-29-31-33-34-35-36-37-38-39-40-42-43-45-47-50-53-56-59-62-65-72(76)74-70(69-81-83(78,79)80-68-67-75(4,5)6)71(64-61-58-55-52-49-24-21-18-15-12-9-3)82-73(77)66-63-60-57-54-51-48-46-44-41-32-30-28-26-23-20-17-14-11-8-2/h10-11,13-14,19-20,22-23,27-30,33-34,36-37,41,44,48,51,61,64,70-71H,7-9,12,15-18,21,24-26,31-32,35,38-40,42-43,45-47,49-50,52-60,62-63,65-69H2,1-6H3,(H-,74,76,78,79)/p+1/b13-10-,14-11-,22-19-,23-20-,29-27-,30-28-,34-33-,37-36-,44-41-,51-48-,64-61-. The predicted octanol–water partition coefficient (Wildman–Crippen LogP) is 21.2. The molecule has 2 N–H and O–H groups in total. The van der Waals surface area contributed by atoms with E-state index in [2.05, 4.69) is 148 Å². The fourth-order valence-corrected chi connectivity index (χ4v) is 9.73. The van der Waals surface area contributed by atoms with Gasteiger partial charge in [0, 0.05) is 12.8 Å². The molecule has 0 aromatic carbocycles. The van der Waals surface area contributed by atoms with Crippen molar-refractivity contribution >= 4 is 19.7 Å². The van der Waals surface area contributed by atoms with Crippen molar-refractivity contribution in [3.8, 4) is 0 Å². The summed E-state index contributed by atoms with van der Waals surface area (Å²) in [5.41, 5.74) is 0. The Balaban J connectivity index is 5.13. The van der Waals surface area contributed by atoms with E-state index in [0.717, 1.165) is 135 Å². The fourth-order valence-electron chi connectivity index (χ4n) is 8.99. The van der Waals surface area contributed by atoms with E-state index in [1.807, 2.05) is 33.3 Å². The summed E-state index contributed by atoms with van der Waals surface area (Å²) in [7, 11) is 1.46. The van der Waals surface area contributed by atoms with E-state index < -0.39 is 20.0 Å². The first kappa shape index (κ1) is 79.2. The maximum Gasteiger partial charge on any atom is 0.472 e. The number of carbonyl (C=O) groups is 2. The Morgan fingerprint density at radius 1 is 0.434 bits per heavy atom. The molecule has 83 heavy (non-hydrogen) atoms. The topological polar surface area (TPSA) is 111 Å². The third-order valence-electron chi connectivity index (χ3n) is 14.1. The highest BCUT2D eigenvalue weighted by molar-refractivity contribution is 7.47. The van der Waals surface area contributed by atoms with E-state index in [4.69, 9.17) is 13.8 Å². The monoisotopic (exact) mass is 1170 g/mol. The third-order valence-corrected chi connectivity index (χ3v) is 15.1. The summed E-state index contributed by atoms with van der Waals surface area (Å²) in [6, 6.07) is -0.873. The molecule has 0 aliphatic heterocycles. The molecule has 0 radical (unpaired) electrons. The number of hydrogen-bond acceptors (Lipinski definition) is 6. The van der Waals surface area contributed by atoms with E-state index in [0.29, 0.717) is 23.9 Å². The zero-order valence-electron chi connectivity index (χ0n) is 54.1. The Bertz CT molecular complexity index is 1880. The first-order valence-corrected chi connectivity index (χ1v) is 35.0. The normalized spacial score (nSPS) is 14.4. The van der Waals surface area contributed by atoms with Crippen LogP contribution in [0.15, 0.2) is 134 Å². The van der Waals surface area contributed by atoms with Crippen LogP contribution in [0.3, 0.4) is 0 Å². The number of esters is 1. The van der Waals surface area contributed by atoms with Gasteiger partial charge in [-0.05, 0) is 122 Å². The Morgan fingerprint density at radius 2 is 0.771 bits per heavy atom. The molecule has 0 rings (SSSR count). The van der Waals surface area contributed by atoms with Crippen LogP contribution in [0.4, 0.5) is 0 Å². The molecular weight excluding hydrogens is 1050 g/mol. The molecule has 0 aromatic heterocycles. The van der Waals surface area contributed by atoms with Crippen molar-refractivity contribution in [3.05, 3.63) is 134 Å². The number of carbonyl (C=O) groups excluding carboxylic acids is 2. The van der Waals surface area contributed by atoms with Crippen LogP contribution in [-0.2, 0) is 27.9 Å². The largest absolute Gasteiger partial charge is 0.472 e. The van der Waals surface area contributed by atoms with Gasteiger partial charge in [0.05, 0.1) is 33.8 Å². The van der Waals surface area contributed by atoms with Gasteiger partial charge in [-0.15, -0.1) is 0 Å². The highest BCUT2D eigenvalue weighted by Crippen LogP contribution is 2.43. The maximum absolute atomic E-state index is 13.6. The van der Waals surface area contributed by atoms with Gasteiger partial charge in [0.25, 0.3) is 0 Å². The van der Waals surface area contributed by atoms with Crippen LogP contribution >= 0.6 is 7.82 Å². The number of ether oxygens (including phenoxy) is 1. The number of amides is 1. The van der Waals surface area contributed by atoms with Crippen LogP contribution in [0.2, 0.25) is 0 Å². The minimum absolute atomic E-state index is 0.0272. The number of unbranched alkanes of at least 4 members (excludes halogenated alkanes) is 23. The van der Waals surface area contributed by atoms with Crippen LogP contribution in [-0.4, -0.2) is 74.3 Å². The molecule has 0 spiro atoms. The molecule has 0 aliphatic rings. The van der Waals surface area contributed by atoms with Crippen molar-refractivity contribution in [1.82, 2.24) is 5.32 Å². The predicted molar refractivity (Wildman–Crippen MR) is 359 cm³/mol. The number of nitrogens with one attached hydrogen (secondary N) is 1. The van der Waals surface area contributed by atoms with Crippen LogP contribution in [0, 0.1) is 0 Å². The smallest absolute Gasteiger partial charge is 0.456 e. The molecule has 9 nitrogen and oxygen atoms in total. The summed E-state index contributed by atoms with van der Waals surface area (Å²) in [5.74, 6) is -0.553. The molecule has 1 amide bonds. The molecule has 0 bridgehead atoms. The van der Waals surface area contributed by atoms with Gasteiger partial charge in [-0.25, -0.2) is 4.57 Å². The summed E-state index contributed by atoms with van der Waals surface area (Å²) in [5, 5.41) is 3.05. The lowest BCUT2D eigenvalue weighted by Crippen LogP contribution is -2.47. The Morgan fingerprint density at radius 3 is 1.17 bits per heavy atom. The summed E-state index contributed by atoms with van der Waals surface area (Å²) in [4.78, 5) is 37.8. The quantitative estimate of drug-likeness (QED) is 0.0205. The average Bonchev–Trinajstić information content (AvgIpc) is 3.51. The number of phosphoric acid groups is 1. The Hall–Kier alpha value is -3.85. The van der Waals surface area contributed by atoms with Crippen LogP contribution in [0.25, 0.3) is 0 Å². The van der Waals surface area contributed by atoms with Crippen molar-refractivity contribution in [3.63, 3.8) is 0 Å². The molecule has 10 heteroatoms. The minimum Gasteiger partial charge on any atom is -0.456 e. The number of nitrogens with zero attached hydrogens (tertiary/aromatic N) is 1. The second-order valence-corrected chi connectivity index (χ2v) is 24.7. The van der Waals surface area contributed by atoms with Gasteiger partial charge in [-0.1, -0.05) is 264 Å². The van der Waals surface area contributed by atoms with Gasteiger partial charge in [-0.2, -0.15) is 0 Å². The highest BCUT2D eigenvalue weighted by Gasteiger charge is 2.30. The van der Waals surface area contributed by atoms with Gasteiger partial charge < -0.3 is 19.4 Å². The summed E-state index contributed by atoms with van der Waals surface area (Å²) in [6.45, 7) is 6.75. The first-order valence-electron chi connectivity index (χ1n) is 33.5. The number of phosphoric ester groups is 1. The molecular formula is C73H126N2O7P+. The Kier molecular flexibility index (Phi) is 58.4. The zero-order valence-corrected chi connectivity index (χ0v) is 55.0.